The van der Waals surface area contributed by atoms with Crippen LogP contribution in [0.5, 0.6) is 0 Å². The summed E-state index contributed by atoms with van der Waals surface area (Å²) in [6.07, 6.45) is 0. The zero-order chi connectivity index (χ0) is 17.8. The lowest BCUT2D eigenvalue weighted by Gasteiger charge is -2.13. The number of nitrogens with zero attached hydrogens (tertiary/aromatic N) is 5. The Labute approximate surface area is 147 Å². The summed E-state index contributed by atoms with van der Waals surface area (Å²) in [5.41, 5.74) is 10.0. The molecule has 0 spiro atoms. The Kier molecular flexibility index (Phi) is 4.70. The van der Waals surface area contributed by atoms with E-state index in [1.807, 2.05) is 74.4 Å². The number of hydrogen-bond acceptors (Lipinski definition) is 6. The molecule has 0 aliphatic heterocycles. The van der Waals surface area contributed by atoms with E-state index in [9.17, 15) is 0 Å². The Morgan fingerprint density at radius 2 is 1.68 bits per heavy atom. The van der Waals surface area contributed by atoms with Gasteiger partial charge in [0.2, 0.25) is 0 Å². The first-order valence-corrected chi connectivity index (χ1v) is 7.92. The fourth-order valence-corrected chi connectivity index (χ4v) is 2.34. The number of aryl methyl sites for hydroxylation is 1. The third-order valence-corrected chi connectivity index (χ3v) is 3.66. The second-order valence-corrected chi connectivity index (χ2v) is 5.89. The Balaban J connectivity index is 1.90. The van der Waals surface area contributed by atoms with Gasteiger partial charge in [-0.05, 0) is 25.1 Å². The molecular formula is C19H20N6. The number of nitrogen functional groups attached to an aromatic ring is 1. The van der Waals surface area contributed by atoms with Crippen LogP contribution >= 0.6 is 0 Å². The van der Waals surface area contributed by atoms with E-state index in [0.717, 1.165) is 16.9 Å². The summed E-state index contributed by atoms with van der Waals surface area (Å²) < 4.78 is 0. The average molecular weight is 332 g/mol. The predicted octanol–water partition coefficient (Wildman–Crippen LogP) is 4.52. The molecule has 0 saturated carbocycles. The van der Waals surface area contributed by atoms with E-state index in [1.165, 1.54) is 0 Å². The summed E-state index contributed by atoms with van der Waals surface area (Å²) >= 11 is 0. The standard InChI is InChI=1S/C19H20N6/c1-13-11-18(22-19(21-13)14-7-5-4-6-8-14)24-23-17-10-9-15(25(2)3)12-16(17)20/h4-12H,20H2,1-3H3. The molecule has 126 valence electrons. The fraction of sp³-hybridized carbons (Fsp3) is 0.158. The topological polar surface area (TPSA) is 79.8 Å². The van der Waals surface area contributed by atoms with E-state index in [2.05, 4.69) is 20.2 Å². The van der Waals surface area contributed by atoms with Crippen LogP contribution in [0.3, 0.4) is 0 Å². The monoisotopic (exact) mass is 332 g/mol. The van der Waals surface area contributed by atoms with Gasteiger partial charge in [0.05, 0.1) is 5.69 Å². The first-order valence-electron chi connectivity index (χ1n) is 7.92. The van der Waals surface area contributed by atoms with Crippen LogP contribution in [0.4, 0.5) is 22.9 Å². The van der Waals surface area contributed by atoms with Gasteiger partial charge in [0.25, 0.3) is 0 Å². The minimum Gasteiger partial charge on any atom is -0.397 e. The largest absolute Gasteiger partial charge is 0.397 e. The smallest absolute Gasteiger partial charge is 0.178 e. The van der Waals surface area contributed by atoms with Crippen molar-refractivity contribution < 1.29 is 0 Å². The number of nitrogens with two attached hydrogens (primary N) is 1. The number of anilines is 2. The lowest BCUT2D eigenvalue weighted by atomic mass is 10.2. The Bertz CT molecular complexity index is 903. The Morgan fingerprint density at radius 3 is 2.36 bits per heavy atom. The van der Waals surface area contributed by atoms with E-state index in [0.29, 0.717) is 23.0 Å². The van der Waals surface area contributed by atoms with Crippen molar-refractivity contribution in [2.24, 2.45) is 10.2 Å². The highest BCUT2D eigenvalue weighted by molar-refractivity contribution is 5.69. The zero-order valence-corrected chi connectivity index (χ0v) is 14.5. The quantitative estimate of drug-likeness (QED) is 0.563. The van der Waals surface area contributed by atoms with Gasteiger partial charge in [-0.1, -0.05) is 30.3 Å². The zero-order valence-electron chi connectivity index (χ0n) is 14.5. The van der Waals surface area contributed by atoms with E-state index >= 15 is 0 Å². The van der Waals surface area contributed by atoms with E-state index in [-0.39, 0.29) is 0 Å². The normalized spacial score (nSPS) is 11.0. The maximum atomic E-state index is 6.06. The van der Waals surface area contributed by atoms with Crippen molar-refractivity contribution in [3.05, 3.63) is 60.3 Å². The van der Waals surface area contributed by atoms with Crippen molar-refractivity contribution in [2.45, 2.75) is 6.92 Å². The van der Waals surface area contributed by atoms with Crippen molar-refractivity contribution >= 4 is 22.9 Å². The maximum absolute atomic E-state index is 6.06. The van der Waals surface area contributed by atoms with E-state index in [1.54, 1.807) is 6.07 Å². The van der Waals surface area contributed by atoms with Crippen LogP contribution in [0.2, 0.25) is 0 Å². The summed E-state index contributed by atoms with van der Waals surface area (Å²) in [7, 11) is 3.93. The molecule has 0 bridgehead atoms. The highest BCUT2D eigenvalue weighted by Crippen LogP contribution is 2.28. The molecule has 0 aliphatic carbocycles. The molecule has 0 aliphatic rings. The Morgan fingerprint density at radius 1 is 0.920 bits per heavy atom. The third-order valence-electron chi connectivity index (χ3n) is 3.66. The first kappa shape index (κ1) is 16.6. The van der Waals surface area contributed by atoms with Crippen LogP contribution in [-0.2, 0) is 0 Å². The van der Waals surface area contributed by atoms with Gasteiger partial charge in [0.1, 0.15) is 5.69 Å². The third kappa shape index (κ3) is 3.98. The summed E-state index contributed by atoms with van der Waals surface area (Å²) in [6, 6.07) is 17.3. The van der Waals surface area contributed by atoms with E-state index in [4.69, 9.17) is 5.73 Å². The van der Waals surface area contributed by atoms with Gasteiger partial charge in [0.15, 0.2) is 11.6 Å². The highest BCUT2D eigenvalue weighted by Gasteiger charge is 2.05. The van der Waals surface area contributed by atoms with Gasteiger partial charge in [-0.2, -0.15) is 0 Å². The summed E-state index contributed by atoms with van der Waals surface area (Å²) in [6.45, 7) is 1.91. The minimum absolute atomic E-state index is 0.502. The SMILES string of the molecule is Cc1cc(N=Nc2ccc(N(C)C)cc2N)nc(-c2ccccc2)n1. The molecule has 0 amide bonds. The average Bonchev–Trinajstić information content (AvgIpc) is 2.61. The van der Waals surface area contributed by atoms with Gasteiger partial charge < -0.3 is 10.6 Å². The summed E-state index contributed by atoms with van der Waals surface area (Å²) in [5.74, 6) is 1.13. The van der Waals surface area contributed by atoms with Crippen molar-refractivity contribution in [3.8, 4) is 11.4 Å². The highest BCUT2D eigenvalue weighted by atomic mass is 15.2. The van der Waals surface area contributed by atoms with Gasteiger partial charge in [-0.3, -0.25) is 0 Å². The Hall–Kier alpha value is -3.28. The molecule has 3 aromatic rings. The van der Waals surface area contributed by atoms with Crippen molar-refractivity contribution in [3.63, 3.8) is 0 Å². The van der Waals surface area contributed by atoms with Gasteiger partial charge in [-0.15, -0.1) is 10.2 Å². The predicted molar refractivity (Wildman–Crippen MR) is 102 cm³/mol. The summed E-state index contributed by atoms with van der Waals surface area (Å²) in [5, 5.41) is 8.48. The van der Waals surface area contributed by atoms with Crippen LogP contribution in [0.15, 0.2) is 64.8 Å². The van der Waals surface area contributed by atoms with Crippen molar-refractivity contribution in [1.82, 2.24) is 9.97 Å². The van der Waals surface area contributed by atoms with Gasteiger partial charge >= 0.3 is 0 Å². The number of hydrogen-bond donors (Lipinski definition) is 1. The van der Waals surface area contributed by atoms with E-state index < -0.39 is 0 Å². The number of rotatable bonds is 4. The van der Waals surface area contributed by atoms with Crippen molar-refractivity contribution in [1.29, 1.82) is 0 Å². The van der Waals surface area contributed by atoms with Gasteiger partial charge in [0, 0.05) is 37.1 Å². The maximum Gasteiger partial charge on any atom is 0.178 e. The number of azo groups is 1. The molecule has 1 heterocycles. The molecule has 2 N–H and O–H groups in total. The lowest BCUT2D eigenvalue weighted by Crippen LogP contribution is -2.08. The molecule has 0 radical (unpaired) electrons. The minimum atomic E-state index is 0.502. The molecular weight excluding hydrogens is 312 g/mol. The second-order valence-electron chi connectivity index (χ2n) is 5.89. The van der Waals surface area contributed by atoms with Crippen LogP contribution in [-0.4, -0.2) is 24.1 Å². The van der Waals surface area contributed by atoms with Gasteiger partial charge in [-0.25, -0.2) is 9.97 Å². The molecule has 6 heteroatoms. The molecule has 6 nitrogen and oxygen atoms in total. The first-order chi connectivity index (χ1) is 12.0. The molecule has 25 heavy (non-hydrogen) atoms. The van der Waals surface area contributed by atoms with Crippen LogP contribution in [0, 0.1) is 6.92 Å². The van der Waals surface area contributed by atoms with Crippen LogP contribution in [0.25, 0.3) is 11.4 Å². The molecule has 3 rings (SSSR count). The molecule has 2 aromatic carbocycles. The number of aromatic nitrogens is 2. The van der Waals surface area contributed by atoms with Crippen LogP contribution < -0.4 is 10.6 Å². The fourth-order valence-electron chi connectivity index (χ4n) is 2.34. The molecule has 0 atom stereocenters. The number of benzene rings is 2. The second kappa shape index (κ2) is 7.09. The molecule has 0 unspecified atom stereocenters. The van der Waals surface area contributed by atoms with Crippen molar-refractivity contribution in [2.75, 3.05) is 24.7 Å². The molecule has 0 fully saturated rings. The lowest BCUT2D eigenvalue weighted by molar-refractivity contribution is 1.07. The molecule has 0 saturated heterocycles. The van der Waals surface area contributed by atoms with Crippen LogP contribution in [0.1, 0.15) is 5.69 Å². The summed E-state index contributed by atoms with van der Waals surface area (Å²) in [4.78, 5) is 10.9. The molecule has 1 aromatic heterocycles.